The lowest BCUT2D eigenvalue weighted by atomic mass is 9.49. The second kappa shape index (κ2) is 9.47. The molecule has 0 unspecified atom stereocenters. The van der Waals surface area contributed by atoms with E-state index in [1.54, 1.807) is 7.11 Å². The standard InChI is InChI=1S/C28H50O4/c1-19(2)10-9-11-20(3)22-12-13-23-21-18-25(30-6)31-28(32-29)16-8-7-15-27(28,5)24(21)14-17-26(22,23)4/h19-25,29H,7-18H2,1-6H3/t20-,21+,22-,23+,24+,25-,26-,27-,28-/m1/s1. The third kappa shape index (κ3) is 3.99. The average Bonchev–Trinajstić information content (AvgIpc) is 3.06. The highest BCUT2D eigenvalue weighted by Crippen LogP contribution is 2.68. The Morgan fingerprint density at radius 3 is 2.41 bits per heavy atom. The number of rotatable bonds is 7. The van der Waals surface area contributed by atoms with Gasteiger partial charge in [0.2, 0.25) is 5.79 Å². The van der Waals surface area contributed by atoms with E-state index in [9.17, 15) is 5.26 Å². The molecule has 0 spiro atoms. The lowest BCUT2D eigenvalue weighted by Crippen LogP contribution is -2.58. The maximum Gasteiger partial charge on any atom is 0.209 e. The fourth-order valence-electron chi connectivity index (χ4n) is 9.22. The monoisotopic (exact) mass is 450 g/mol. The maximum atomic E-state index is 10.2. The first-order valence-corrected chi connectivity index (χ1v) is 13.7. The summed E-state index contributed by atoms with van der Waals surface area (Å²) in [6, 6.07) is 0. The van der Waals surface area contributed by atoms with Crippen LogP contribution in [-0.2, 0) is 14.4 Å². The van der Waals surface area contributed by atoms with E-state index in [4.69, 9.17) is 14.4 Å². The van der Waals surface area contributed by atoms with E-state index < -0.39 is 5.79 Å². The van der Waals surface area contributed by atoms with Crippen molar-refractivity contribution in [1.82, 2.24) is 0 Å². The van der Waals surface area contributed by atoms with Gasteiger partial charge in [0.1, 0.15) is 0 Å². The van der Waals surface area contributed by atoms with E-state index in [1.165, 1.54) is 51.4 Å². The fraction of sp³-hybridized carbons (Fsp3) is 1.00. The van der Waals surface area contributed by atoms with Crippen LogP contribution in [0, 0.1) is 46.3 Å². The summed E-state index contributed by atoms with van der Waals surface area (Å²) in [5, 5.41) is 10.2. The summed E-state index contributed by atoms with van der Waals surface area (Å²) < 4.78 is 12.4. The highest BCUT2D eigenvalue weighted by Gasteiger charge is 2.66. The molecule has 32 heavy (non-hydrogen) atoms. The van der Waals surface area contributed by atoms with Crippen LogP contribution in [0.2, 0.25) is 0 Å². The van der Waals surface area contributed by atoms with Gasteiger partial charge in [-0.15, -0.1) is 0 Å². The molecule has 1 N–H and O–H groups in total. The van der Waals surface area contributed by atoms with Crippen molar-refractivity contribution in [2.45, 2.75) is 124 Å². The second-order valence-electron chi connectivity index (χ2n) is 12.9. The minimum Gasteiger partial charge on any atom is -0.356 e. The highest BCUT2D eigenvalue weighted by atomic mass is 17.1. The average molecular weight is 451 g/mol. The molecule has 4 nitrogen and oxygen atoms in total. The van der Waals surface area contributed by atoms with Gasteiger partial charge in [0.05, 0.1) is 0 Å². The SMILES string of the molecule is CO[C@H]1C[C@H]2[C@@H]3CC[C@H]([C@H](C)CCCC(C)C)[C@@]3(C)CC[C@@H]2[C@@]2(C)CCCC[C@]2(OO)O1. The molecule has 0 aromatic carbocycles. The van der Waals surface area contributed by atoms with Crippen LogP contribution < -0.4 is 0 Å². The summed E-state index contributed by atoms with van der Waals surface area (Å²) in [5.74, 6) is 3.39. The lowest BCUT2D eigenvalue weighted by molar-refractivity contribution is -0.466. The molecule has 9 atom stereocenters. The molecule has 4 rings (SSSR count). The molecule has 1 aliphatic heterocycles. The van der Waals surface area contributed by atoms with Gasteiger partial charge in [-0.1, -0.05) is 60.3 Å². The molecule has 0 radical (unpaired) electrons. The minimum absolute atomic E-state index is 0.153. The van der Waals surface area contributed by atoms with Gasteiger partial charge in [-0.25, -0.2) is 10.1 Å². The summed E-state index contributed by atoms with van der Waals surface area (Å²) in [6.45, 7) is 12.2. The van der Waals surface area contributed by atoms with Crippen molar-refractivity contribution < 1.29 is 19.6 Å². The van der Waals surface area contributed by atoms with Gasteiger partial charge in [0, 0.05) is 25.4 Å². The Morgan fingerprint density at radius 1 is 0.969 bits per heavy atom. The lowest BCUT2D eigenvalue weighted by Gasteiger charge is -2.57. The van der Waals surface area contributed by atoms with Gasteiger partial charge >= 0.3 is 0 Å². The first-order chi connectivity index (χ1) is 15.2. The first kappa shape index (κ1) is 24.9. The van der Waals surface area contributed by atoms with Crippen molar-refractivity contribution in [3.8, 4) is 0 Å². The van der Waals surface area contributed by atoms with Crippen LogP contribution >= 0.6 is 0 Å². The van der Waals surface area contributed by atoms with Gasteiger partial charge in [-0.3, -0.25) is 0 Å². The van der Waals surface area contributed by atoms with Crippen molar-refractivity contribution in [1.29, 1.82) is 0 Å². The number of hydrogen-bond donors (Lipinski definition) is 1. The number of fused-ring (bicyclic) bond motifs is 5. The molecule has 186 valence electrons. The molecule has 4 fully saturated rings. The molecule has 3 saturated carbocycles. The molecular weight excluding hydrogens is 400 g/mol. The van der Waals surface area contributed by atoms with Crippen molar-refractivity contribution in [3.63, 3.8) is 0 Å². The Morgan fingerprint density at radius 2 is 1.72 bits per heavy atom. The Kier molecular flexibility index (Phi) is 7.39. The maximum absolute atomic E-state index is 10.2. The van der Waals surface area contributed by atoms with Gasteiger partial charge in [-0.2, -0.15) is 0 Å². The van der Waals surface area contributed by atoms with Crippen LogP contribution in [0.3, 0.4) is 0 Å². The van der Waals surface area contributed by atoms with E-state index in [2.05, 4.69) is 34.6 Å². The Hall–Kier alpha value is -0.160. The molecule has 0 aromatic rings. The predicted molar refractivity (Wildman–Crippen MR) is 128 cm³/mol. The number of methoxy groups -OCH3 is 1. The van der Waals surface area contributed by atoms with Gasteiger partial charge in [-0.05, 0) is 79.4 Å². The molecule has 1 saturated heterocycles. The van der Waals surface area contributed by atoms with Gasteiger partial charge < -0.3 is 9.47 Å². The molecule has 0 aromatic heterocycles. The van der Waals surface area contributed by atoms with E-state index in [-0.39, 0.29) is 11.7 Å². The summed E-state index contributed by atoms with van der Waals surface area (Å²) in [7, 11) is 1.76. The van der Waals surface area contributed by atoms with Crippen molar-refractivity contribution in [3.05, 3.63) is 0 Å². The van der Waals surface area contributed by atoms with E-state index in [0.29, 0.717) is 17.3 Å². The van der Waals surface area contributed by atoms with Crippen LogP contribution in [0.15, 0.2) is 0 Å². The van der Waals surface area contributed by atoms with E-state index in [0.717, 1.165) is 49.4 Å². The zero-order valence-corrected chi connectivity index (χ0v) is 21.7. The quantitative estimate of drug-likeness (QED) is 0.319. The smallest absolute Gasteiger partial charge is 0.209 e. The number of hydrogen-bond acceptors (Lipinski definition) is 4. The van der Waals surface area contributed by atoms with Gasteiger partial charge in [0.25, 0.3) is 0 Å². The zero-order chi connectivity index (χ0) is 23.1. The normalized spacial score (nSPS) is 47.4. The molecule has 0 bridgehead atoms. The fourth-order valence-corrected chi connectivity index (χ4v) is 9.22. The van der Waals surface area contributed by atoms with Crippen molar-refractivity contribution >= 4 is 0 Å². The summed E-state index contributed by atoms with van der Waals surface area (Å²) in [4.78, 5) is 5.30. The molecule has 1 heterocycles. The van der Waals surface area contributed by atoms with Crippen LogP contribution in [0.25, 0.3) is 0 Å². The van der Waals surface area contributed by atoms with E-state index >= 15 is 0 Å². The zero-order valence-electron chi connectivity index (χ0n) is 21.7. The summed E-state index contributed by atoms with van der Waals surface area (Å²) in [6.07, 6.45) is 14.1. The second-order valence-corrected chi connectivity index (χ2v) is 12.9. The van der Waals surface area contributed by atoms with Crippen LogP contribution in [0.1, 0.15) is 112 Å². The summed E-state index contributed by atoms with van der Waals surface area (Å²) >= 11 is 0. The van der Waals surface area contributed by atoms with Crippen LogP contribution in [0.4, 0.5) is 0 Å². The van der Waals surface area contributed by atoms with Crippen molar-refractivity contribution in [2.24, 2.45) is 46.3 Å². The highest BCUT2D eigenvalue weighted by molar-refractivity contribution is 5.10. The van der Waals surface area contributed by atoms with Crippen molar-refractivity contribution in [2.75, 3.05) is 7.11 Å². The van der Waals surface area contributed by atoms with E-state index in [1.807, 2.05) is 0 Å². The Balaban J connectivity index is 1.59. The molecule has 4 heteroatoms. The third-order valence-corrected chi connectivity index (χ3v) is 11.0. The first-order valence-electron chi connectivity index (χ1n) is 13.7. The van der Waals surface area contributed by atoms with Crippen LogP contribution in [-0.4, -0.2) is 24.4 Å². The molecule has 0 amide bonds. The topological polar surface area (TPSA) is 47.9 Å². The molecule has 4 aliphatic rings. The van der Waals surface area contributed by atoms with Gasteiger partial charge in [0.15, 0.2) is 6.29 Å². The third-order valence-electron chi connectivity index (χ3n) is 11.0. The molecule has 3 aliphatic carbocycles. The number of ether oxygens (including phenoxy) is 2. The molecular formula is C28H50O4. The Labute approximate surface area is 197 Å². The van der Waals surface area contributed by atoms with Crippen LogP contribution in [0.5, 0.6) is 0 Å². The largest absolute Gasteiger partial charge is 0.356 e. The predicted octanol–water partition coefficient (Wildman–Crippen LogP) is 7.67. The summed E-state index contributed by atoms with van der Waals surface area (Å²) in [5.41, 5.74) is 0.273. The Bertz CT molecular complexity index is 637. The minimum atomic E-state index is -0.915.